The van der Waals surface area contributed by atoms with Gasteiger partial charge in [-0.05, 0) is 49.2 Å². The number of halogens is 1. The summed E-state index contributed by atoms with van der Waals surface area (Å²) in [5.74, 6) is -0.668. The number of benzene rings is 2. The molecule has 2 heterocycles. The van der Waals surface area contributed by atoms with Crippen LogP contribution < -0.4 is 10.4 Å². The first-order valence-electron chi connectivity index (χ1n) is 10.1. The van der Waals surface area contributed by atoms with E-state index in [9.17, 15) is 22.4 Å². The summed E-state index contributed by atoms with van der Waals surface area (Å²) in [4.78, 5) is 29.4. The average molecular weight is 447 g/mol. The van der Waals surface area contributed by atoms with Crippen molar-refractivity contribution in [1.82, 2.24) is 19.2 Å². The first-order chi connectivity index (χ1) is 14.8. The Bertz CT molecular complexity index is 1240. The highest BCUT2D eigenvalue weighted by Gasteiger charge is 2.26. The van der Waals surface area contributed by atoms with Crippen LogP contribution in [0.5, 0.6) is 0 Å². The number of fused-ring (bicyclic) bond motifs is 1. The number of imidazole rings is 1. The van der Waals surface area contributed by atoms with Gasteiger partial charge in [0.2, 0.25) is 15.9 Å². The number of H-pyrrole nitrogens is 1. The van der Waals surface area contributed by atoms with E-state index in [-0.39, 0.29) is 35.5 Å². The van der Waals surface area contributed by atoms with E-state index in [0.717, 1.165) is 23.2 Å². The highest BCUT2D eigenvalue weighted by Crippen LogP contribution is 2.25. The molecule has 1 aliphatic heterocycles. The van der Waals surface area contributed by atoms with Gasteiger partial charge in [-0.2, -0.15) is 0 Å². The lowest BCUT2D eigenvalue weighted by Gasteiger charge is -2.32. The highest BCUT2D eigenvalue weighted by atomic mass is 32.2. The molecule has 1 aliphatic rings. The predicted octanol–water partition coefficient (Wildman–Crippen LogP) is 2.00. The zero-order valence-electron chi connectivity index (χ0n) is 16.8. The number of carbonyl (C=O) groups is 1. The van der Waals surface area contributed by atoms with E-state index in [0.29, 0.717) is 25.9 Å². The smallest absolute Gasteiger partial charge is 0.326 e. The SMILES string of the molecule is O=C(CCNS(=O)(=O)c1ccc(F)cc1)N1CCC(n2c(=O)[nH]c3ccccc32)CC1. The largest absolute Gasteiger partial charge is 0.343 e. The van der Waals surface area contributed by atoms with Crippen LogP contribution in [0.2, 0.25) is 0 Å². The van der Waals surface area contributed by atoms with Crippen LogP contribution in [0.3, 0.4) is 0 Å². The standard InChI is InChI=1S/C21H23FN4O4S/c22-15-5-7-17(8-6-15)31(29,30)23-12-9-20(27)25-13-10-16(11-14-25)26-19-4-2-1-3-18(19)24-21(26)28/h1-8,16,23H,9-14H2,(H,24,28). The normalized spacial score (nSPS) is 15.5. The Balaban J connectivity index is 1.31. The van der Waals surface area contributed by atoms with Gasteiger partial charge < -0.3 is 9.88 Å². The van der Waals surface area contributed by atoms with Crippen molar-refractivity contribution >= 4 is 27.0 Å². The molecule has 1 saturated heterocycles. The summed E-state index contributed by atoms with van der Waals surface area (Å²) < 4.78 is 41.5. The maximum atomic E-state index is 13.0. The number of likely N-dealkylation sites (tertiary alicyclic amines) is 1. The van der Waals surface area contributed by atoms with Crippen LogP contribution in [0.1, 0.15) is 25.3 Å². The number of nitrogens with zero attached hydrogens (tertiary/aromatic N) is 2. The van der Waals surface area contributed by atoms with E-state index in [4.69, 9.17) is 0 Å². The molecule has 2 N–H and O–H groups in total. The lowest BCUT2D eigenvalue weighted by molar-refractivity contribution is -0.132. The van der Waals surface area contributed by atoms with Crippen LogP contribution in [0.15, 0.2) is 58.2 Å². The molecule has 1 aromatic heterocycles. The molecule has 0 saturated carbocycles. The van der Waals surface area contributed by atoms with E-state index in [1.165, 1.54) is 12.1 Å². The van der Waals surface area contributed by atoms with Gasteiger partial charge in [0.1, 0.15) is 5.82 Å². The molecule has 3 aromatic rings. The summed E-state index contributed by atoms with van der Waals surface area (Å²) >= 11 is 0. The second-order valence-electron chi connectivity index (χ2n) is 7.53. The number of para-hydroxylation sites is 2. The van der Waals surface area contributed by atoms with Crippen molar-refractivity contribution in [2.45, 2.75) is 30.2 Å². The molecule has 4 rings (SSSR count). The molecule has 8 nitrogen and oxygen atoms in total. The molecular formula is C21H23FN4O4S. The molecule has 10 heteroatoms. The van der Waals surface area contributed by atoms with Crippen LogP contribution in [0, 0.1) is 5.82 Å². The van der Waals surface area contributed by atoms with E-state index in [1.807, 2.05) is 24.3 Å². The van der Waals surface area contributed by atoms with Gasteiger partial charge in [0.15, 0.2) is 0 Å². The van der Waals surface area contributed by atoms with Crippen molar-refractivity contribution in [2.75, 3.05) is 19.6 Å². The van der Waals surface area contributed by atoms with Crippen LogP contribution >= 0.6 is 0 Å². The maximum Gasteiger partial charge on any atom is 0.326 e. The summed E-state index contributed by atoms with van der Waals surface area (Å²) in [5.41, 5.74) is 1.49. The fraction of sp³-hybridized carbons (Fsp3) is 0.333. The molecule has 0 radical (unpaired) electrons. The van der Waals surface area contributed by atoms with Crippen molar-refractivity contribution in [1.29, 1.82) is 0 Å². The van der Waals surface area contributed by atoms with Gasteiger partial charge in [0.25, 0.3) is 0 Å². The zero-order valence-corrected chi connectivity index (χ0v) is 17.6. The van der Waals surface area contributed by atoms with E-state index in [1.54, 1.807) is 9.47 Å². The number of hydrogen-bond acceptors (Lipinski definition) is 4. The first-order valence-corrected chi connectivity index (χ1v) is 11.6. The van der Waals surface area contributed by atoms with Crippen molar-refractivity contribution in [2.24, 2.45) is 0 Å². The molecule has 0 unspecified atom stereocenters. The number of hydrogen-bond donors (Lipinski definition) is 2. The Labute approximate surface area is 178 Å². The fourth-order valence-corrected chi connectivity index (χ4v) is 4.99. The Morgan fingerprint density at radius 1 is 1.10 bits per heavy atom. The number of carbonyl (C=O) groups excluding carboxylic acids is 1. The first kappa shape index (κ1) is 21.3. The van der Waals surface area contributed by atoms with Crippen molar-refractivity contribution in [3.63, 3.8) is 0 Å². The van der Waals surface area contributed by atoms with Crippen LogP contribution in [0.25, 0.3) is 11.0 Å². The lowest BCUT2D eigenvalue weighted by Crippen LogP contribution is -2.41. The van der Waals surface area contributed by atoms with Gasteiger partial charge in [-0.15, -0.1) is 0 Å². The highest BCUT2D eigenvalue weighted by molar-refractivity contribution is 7.89. The van der Waals surface area contributed by atoms with Crippen LogP contribution in [-0.2, 0) is 14.8 Å². The number of amides is 1. The van der Waals surface area contributed by atoms with E-state index in [2.05, 4.69) is 9.71 Å². The van der Waals surface area contributed by atoms with Crippen molar-refractivity contribution in [3.8, 4) is 0 Å². The van der Waals surface area contributed by atoms with Gasteiger partial charge in [0, 0.05) is 32.1 Å². The lowest BCUT2D eigenvalue weighted by atomic mass is 10.0. The molecule has 1 amide bonds. The number of sulfonamides is 1. The minimum atomic E-state index is -3.80. The number of aromatic amines is 1. The summed E-state index contributed by atoms with van der Waals surface area (Å²) in [6.07, 6.45) is 1.32. The summed E-state index contributed by atoms with van der Waals surface area (Å²) in [6.45, 7) is 0.959. The fourth-order valence-electron chi connectivity index (χ4n) is 3.96. The maximum absolute atomic E-state index is 13.0. The monoisotopic (exact) mass is 446 g/mol. The van der Waals surface area contributed by atoms with Gasteiger partial charge in [-0.1, -0.05) is 12.1 Å². The number of piperidine rings is 1. The van der Waals surface area contributed by atoms with Crippen molar-refractivity contribution in [3.05, 3.63) is 64.8 Å². The summed E-state index contributed by atoms with van der Waals surface area (Å²) in [6, 6.07) is 12.0. The molecule has 31 heavy (non-hydrogen) atoms. The summed E-state index contributed by atoms with van der Waals surface area (Å²) in [7, 11) is -3.80. The minimum Gasteiger partial charge on any atom is -0.343 e. The zero-order chi connectivity index (χ0) is 22.0. The molecule has 2 aromatic carbocycles. The van der Waals surface area contributed by atoms with Gasteiger partial charge in [0.05, 0.1) is 15.9 Å². The summed E-state index contributed by atoms with van der Waals surface area (Å²) in [5, 5.41) is 0. The topological polar surface area (TPSA) is 104 Å². The average Bonchev–Trinajstić information content (AvgIpc) is 3.09. The molecular weight excluding hydrogens is 423 g/mol. The van der Waals surface area contributed by atoms with Crippen LogP contribution in [-0.4, -0.2) is 48.4 Å². The molecule has 0 bridgehead atoms. The number of aromatic nitrogens is 2. The molecule has 1 fully saturated rings. The molecule has 0 aliphatic carbocycles. The second-order valence-corrected chi connectivity index (χ2v) is 9.30. The van der Waals surface area contributed by atoms with Gasteiger partial charge >= 0.3 is 5.69 Å². The van der Waals surface area contributed by atoms with Crippen molar-refractivity contribution < 1.29 is 17.6 Å². The third-order valence-corrected chi connectivity index (χ3v) is 7.04. The number of nitrogens with one attached hydrogen (secondary N) is 2. The van der Waals surface area contributed by atoms with Gasteiger partial charge in [-0.3, -0.25) is 9.36 Å². The molecule has 0 atom stereocenters. The third-order valence-electron chi connectivity index (χ3n) is 5.56. The Morgan fingerprint density at radius 2 is 1.77 bits per heavy atom. The Morgan fingerprint density at radius 3 is 2.48 bits per heavy atom. The Kier molecular flexibility index (Phi) is 5.92. The molecule has 164 valence electrons. The minimum absolute atomic E-state index is 0.00433. The molecule has 0 spiro atoms. The van der Waals surface area contributed by atoms with Crippen LogP contribution in [0.4, 0.5) is 4.39 Å². The van der Waals surface area contributed by atoms with Gasteiger partial charge in [-0.25, -0.2) is 22.3 Å². The number of rotatable bonds is 6. The second kappa shape index (κ2) is 8.64. The van der Waals surface area contributed by atoms with E-state index < -0.39 is 15.8 Å². The predicted molar refractivity (Wildman–Crippen MR) is 114 cm³/mol. The quantitative estimate of drug-likeness (QED) is 0.604. The Hall–Kier alpha value is -2.98. The van der Waals surface area contributed by atoms with E-state index >= 15 is 0 Å². The third kappa shape index (κ3) is 4.54.